The van der Waals surface area contributed by atoms with Gasteiger partial charge in [-0.15, -0.1) is 0 Å². The number of aromatic nitrogens is 1. The maximum Gasteiger partial charge on any atom is 0.271 e. The number of nitrogens with one attached hydrogen (secondary N) is 1. The van der Waals surface area contributed by atoms with Gasteiger partial charge in [0.2, 0.25) is 0 Å². The van der Waals surface area contributed by atoms with E-state index in [2.05, 4.69) is 10.3 Å². The van der Waals surface area contributed by atoms with Crippen LogP contribution in [0.4, 0.5) is 13.2 Å². The number of halogens is 3. The summed E-state index contributed by atoms with van der Waals surface area (Å²) in [6.45, 7) is 0.779. The molecular weight excluding hydrogens is 433 g/mol. The van der Waals surface area contributed by atoms with Gasteiger partial charge in [0.1, 0.15) is 23.5 Å². The van der Waals surface area contributed by atoms with Gasteiger partial charge in [-0.1, -0.05) is 18.2 Å². The number of sulfone groups is 1. The monoisotopic (exact) mass is 450 g/mol. The summed E-state index contributed by atoms with van der Waals surface area (Å²) in [6, 6.07) is 9.38. The minimum atomic E-state index is -4.46. The van der Waals surface area contributed by atoms with E-state index in [1.165, 1.54) is 37.3 Å². The molecule has 0 spiro atoms. The van der Waals surface area contributed by atoms with Crippen LogP contribution in [-0.4, -0.2) is 31.1 Å². The topological polar surface area (TPSA) is 96.4 Å². The summed E-state index contributed by atoms with van der Waals surface area (Å²) in [5, 5.41) is 8.97. The quantitative estimate of drug-likeness (QED) is 0.445. The first kappa shape index (κ1) is 22.4. The molecular formula is C21H17F3N2O4S. The Balaban J connectivity index is 2.29. The number of benzene rings is 2. The molecule has 1 amide bonds. The maximum absolute atomic E-state index is 14.7. The van der Waals surface area contributed by atoms with Crippen molar-refractivity contribution in [2.24, 2.45) is 0 Å². The van der Waals surface area contributed by atoms with Crippen LogP contribution in [-0.2, 0) is 9.84 Å². The Kier molecular flexibility index (Phi) is 6.42. The lowest BCUT2D eigenvalue weighted by Gasteiger charge is -2.22. The highest BCUT2D eigenvalue weighted by Crippen LogP contribution is 2.39. The Morgan fingerprint density at radius 1 is 1.10 bits per heavy atom. The Hall–Kier alpha value is -3.24. The zero-order chi connectivity index (χ0) is 22.8. The molecule has 0 saturated heterocycles. The highest BCUT2D eigenvalue weighted by atomic mass is 32.2. The van der Waals surface area contributed by atoms with Crippen LogP contribution < -0.4 is 5.32 Å². The van der Waals surface area contributed by atoms with Crippen molar-refractivity contribution in [2.75, 3.05) is 6.73 Å². The van der Waals surface area contributed by atoms with Crippen molar-refractivity contribution in [2.45, 2.75) is 17.1 Å². The number of carbonyl (C=O) groups excluding carboxylic acids is 1. The maximum atomic E-state index is 14.7. The van der Waals surface area contributed by atoms with Gasteiger partial charge < -0.3 is 10.4 Å². The number of aryl methyl sites for hydroxylation is 1. The average molecular weight is 450 g/mol. The van der Waals surface area contributed by atoms with E-state index >= 15 is 0 Å². The predicted molar refractivity (Wildman–Crippen MR) is 105 cm³/mol. The number of hydrogen-bond acceptors (Lipinski definition) is 5. The third-order valence-corrected chi connectivity index (χ3v) is 6.67. The van der Waals surface area contributed by atoms with Crippen molar-refractivity contribution in [1.82, 2.24) is 10.3 Å². The van der Waals surface area contributed by atoms with Gasteiger partial charge in [0.15, 0.2) is 21.5 Å². The third kappa shape index (κ3) is 4.30. The molecule has 0 saturated carbocycles. The molecule has 3 aromatic rings. The average Bonchev–Trinajstić information content (AvgIpc) is 2.75. The predicted octanol–water partition coefficient (Wildman–Crippen LogP) is 3.05. The van der Waals surface area contributed by atoms with E-state index in [0.717, 1.165) is 6.20 Å². The third-order valence-electron chi connectivity index (χ3n) is 4.63. The van der Waals surface area contributed by atoms with Crippen LogP contribution in [0.1, 0.15) is 32.4 Å². The molecule has 0 fully saturated rings. The highest BCUT2D eigenvalue weighted by molar-refractivity contribution is 7.92. The van der Waals surface area contributed by atoms with Crippen LogP contribution in [0, 0.1) is 24.4 Å². The van der Waals surface area contributed by atoms with E-state index in [1.54, 1.807) is 6.07 Å². The number of carbonyl (C=O) groups is 1. The van der Waals surface area contributed by atoms with Crippen molar-refractivity contribution >= 4 is 15.7 Å². The molecule has 3 rings (SSSR count). The molecule has 0 bridgehead atoms. The van der Waals surface area contributed by atoms with Gasteiger partial charge in [-0.2, -0.15) is 0 Å². The second-order valence-corrected chi connectivity index (χ2v) is 8.62. The van der Waals surface area contributed by atoms with Gasteiger partial charge in [-0.3, -0.25) is 9.78 Å². The number of hydrogen-bond donors (Lipinski definition) is 2. The van der Waals surface area contributed by atoms with E-state index in [-0.39, 0.29) is 21.7 Å². The molecule has 10 heteroatoms. The Bertz CT molecular complexity index is 1230. The first-order valence-corrected chi connectivity index (χ1v) is 10.5. The second-order valence-electron chi connectivity index (χ2n) is 6.59. The van der Waals surface area contributed by atoms with Crippen molar-refractivity contribution in [3.8, 4) is 0 Å². The fourth-order valence-electron chi connectivity index (χ4n) is 3.13. The van der Waals surface area contributed by atoms with Gasteiger partial charge >= 0.3 is 0 Å². The molecule has 1 atom stereocenters. The number of amides is 1. The van der Waals surface area contributed by atoms with Crippen LogP contribution in [0.3, 0.4) is 0 Å². The van der Waals surface area contributed by atoms with Crippen LogP contribution in [0.5, 0.6) is 0 Å². The minimum Gasteiger partial charge on any atom is -0.376 e. The molecule has 0 aliphatic carbocycles. The second kappa shape index (κ2) is 8.86. The lowest BCUT2D eigenvalue weighted by Crippen LogP contribution is -2.26. The van der Waals surface area contributed by atoms with Crippen molar-refractivity contribution in [1.29, 1.82) is 0 Å². The van der Waals surface area contributed by atoms with Crippen LogP contribution in [0.25, 0.3) is 0 Å². The van der Waals surface area contributed by atoms with Crippen LogP contribution in [0.2, 0.25) is 0 Å². The van der Waals surface area contributed by atoms with Gasteiger partial charge in [-0.25, -0.2) is 21.6 Å². The number of nitrogens with zero attached hydrogens (tertiary/aromatic N) is 1. The van der Waals surface area contributed by atoms with E-state index < -0.39 is 50.7 Å². The lowest BCUT2D eigenvalue weighted by molar-refractivity contribution is 0.0905. The van der Waals surface area contributed by atoms with Crippen molar-refractivity contribution in [3.05, 3.63) is 94.6 Å². The molecule has 1 unspecified atom stereocenters. The van der Waals surface area contributed by atoms with E-state index in [0.29, 0.717) is 12.1 Å². The molecule has 6 nitrogen and oxygen atoms in total. The van der Waals surface area contributed by atoms with E-state index in [1.807, 2.05) is 0 Å². The molecule has 1 heterocycles. The SMILES string of the molecule is Cc1cc(C(=O)NCO)ncc1C(c1c(F)ccc(F)c1F)S(=O)(=O)c1ccccc1. The zero-order valence-electron chi connectivity index (χ0n) is 16.1. The summed E-state index contributed by atoms with van der Waals surface area (Å²) in [5.74, 6) is -5.02. The largest absolute Gasteiger partial charge is 0.376 e. The number of pyridine rings is 1. The summed E-state index contributed by atoms with van der Waals surface area (Å²) >= 11 is 0. The molecule has 31 heavy (non-hydrogen) atoms. The van der Waals surface area contributed by atoms with Crippen LogP contribution >= 0.6 is 0 Å². The summed E-state index contributed by atoms with van der Waals surface area (Å²) in [5.41, 5.74) is -1.09. The van der Waals surface area contributed by atoms with Crippen molar-refractivity contribution in [3.63, 3.8) is 0 Å². The summed E-state index contributed by atoms with van der Waals surface area (Å²) in [6.07, 6.45) is 0.997. The fraction of sp³-hybridized carbons (Fsp3) is 0.143. The number of aliphatic hydroxyl groups excluding tert-OH is 1. The van der Waals surface area contributed by atoms with E-state index in [4.69, 9.17) is 5.11 Å². The molecule has 2 aromatic carbocycles. The lowest BCUT2D eigenvalue weighted by atomic mass is 10.00. The summed E-state index contributed by atoms with van der Waals surface area (Å²) in [7, 11) is -4.46. The normalized spacial score (nSPS) is 12.4. The first-order valence-electron chi connectivity index (χ1n) is 8.96. The minimum absolute atomic E-state index is 0.132. The molecule has 0 radical (unpaired) electrons. The molecule has 162 valence electrons. The van der Waals surface area contributed by atoms with E-state index in [9.17, 15) is 26.4 Å². The van der Waals surface area contributed by atoms with Crippen molar-refractivity contribution < 1.29 is 31.5 Å². The molecule has 0 aliphatic rings. The van der Waals surface area contributed by atoms with Gasteiger partial charge in [0.05, 0.1) is 4.90 Å². The molecule has 2 N–H and O–H groups in total. The Morgan fingerprint density at radius 2 is 1.74 bits per heavy atom. The Labute approximate surface area is 176 Å². The summed E-state index contributed by atoms with van der Waals surface area (Å²) < 4.78 is 70.2. The highest BCUT2D eigenvalue weighted by Gasteiger charge is 2.37. The van der Waals surface area contributed by atoms with Gasteiger partial charge in [0, 0.05) is 11.8 Å². The van der Waals surface area contributed by atoms with Gasteiger partial charge in [0.25, 0.3) is 5.91 Å². The zero-order valence-corrected chi connectivity index (χ0v) is 17.0. The summed E-state index contributed by atoms with van der Waals surface area (Å²) in [4.78, 5) is 15.5. The van der Waals surface area contributed by atoms with Gasteiger partial charge in [-0.05, 0) is 48.4 Å². The van der Waals surface area contributed by atoms with Crippen LogP contribution in [0.15, 0.2) is 59.6 Å². The number of aliphatic hydroxyl groups is 1. The number of rotatable bonds is 6. The fourth-order valence-corrected chi connectivity index (χ4v) is 5.05. The Morgan fingerprint density at radius 3 is 2.35 bits per heavy atom. The smallest absolute Gasteiger partial charge is 0.271 e. The molecule has 1 aromatic heterocycles. The standard InChI is InChI=1S/C21H17F3N2O4S/c1-12-9-17(21(28)26-11-27)25-10-14(12)20(18-15(22)7-8-16(23)19(18)24)31(29,30)13-5-3-2-4-6-13/h2-10,20,27H,11H2,1H3,(H,26,28). The first-order chi connectivity index (χ1) is 14.7. The molecule has 0 aliphatic heterocycles.